The van der Waals surface area contributed by atoms with Crippen molar-refractivity contribution in [1.82, 2.24) is 4.57 Å². The van der Waals surface area contributed by atoms with Crippen LogP contribution < -0.4 is 0 Å². The fraction of sp³-hybridized carbons (Fsp3) is 0.350. The highest BCUT2D eigenvalue weighted by Gasteiger charge is 2.10. The monoisotopic (exact) mass is 293 g/mol. The van der Waals surface area contributed by atoms with E-state index >= 15 is 0 Å². The highest BCUT2D eigenvalue weighted by molar-refractivity contribution is 6.09. The highest BCUT2D eigenvalue weighted by atomic mass is 16.1. The van der Waals surface area contributed by atoms with Gasteiger partial charge < -0.3 is 4.57 Å². The third kappa shape index (κ3) is 2.78. The molecular formula is C20H23NO. The van der Waals surface area contributed by atoms with Crippen LogP contribution >= 0.6 is 0 Å². The van der Waals surface area contributed by atoms with Crippen molar-refractivity contribution < 1.29 is 4.79 Å². The molecule has 0 bridgehead atoms. The quantitative estimate of drug-likeness (QED) is 0.412. The summed E-state index contributed by atoms with van der Waals surface area (Å²) in [7, 11) is 0. The lowest BCUT2D eigenvalue weighted by molar-refractivity contribution is 0.112. The van der Waals surface area contributed by atoms with Crippen molar-refractivity contribution in [3.05, 3.63) is 48.0 Å². The van der Waals surface area contributed by atoms with Gasteiger partial charge in [-0.05, 0) is 30.7 Å². The van der Waals surface area contributed by atoms with Crippen LogP contribution in [0.15, 0.2) is 42.5 Å². The number of unbranched alkanes of at least 4 members (excludes halogenated alkanes) is 4. The molecule has 0 saturated carbocycles. The normalized spacial score (nSPS) is 11.3. The molecule has 0 fully saturated rings. The largest absolute Gasteiger partial charge is 0.340 e. The fourth-order valence-electron chi connectivity index (χ4n) is 3.26. The molecule has 22 heavy (non-hydrogen) atoms. The Kier molecular flexibility index (Phi) is 4.57. The van der Waals surface area contributed by atoms with Crippen LogP contribution in [-0.4, -0.2) is 10.9 Å². The van der Waals surface area contributed by atoms with Crippen LogP contribution in [0, 0.1) is 0 Å². The number of nitrogens with zero attached hydrogens (tertiary/aromatic N) is 1. The van der Waals surface area contributed by atoms with Crippen LogP contribution in [0.25, 0.3) is 21.8 Å². The molecule has 0 N–H and O–H groups in total. The van der Waals surface area contributed by atoms with E-state index in [0.29, 0.717) is 0 Å². The third-order valence-corrected chi connectivity index (χ3v) is 4.42. The summed E-state index contributed by atoms with van der Waals surface area (Å²) < 4.78 is 2.41. The maximum atomic E-state index is 11.1. The van der Waals surface area contributed by atoms with Gasteiger partial charge in [0, 0.05) is 33.9 Å². The van der Waals surface area contributed by atoms with Crippen molar-refractivity contribution in [3.63, 3.8) is 0 Å². The van der Waals surface area contributed by atoms with E-state index in [1.807, 2.05) is 12.1 Å². The van der Waals surface area contributed by atoms with Gasteiger partial charge in [0.05, 0.1) is 0 Å². The SMILES string of the molecule is CCCCCCCn1c2ccccc2c2cc(C=O)ccc21. The Balaban J connectivity index is 1.97. The molecule has 114 valence electrons. The standard InChI is InChI=1S/C20H23NO/c1-2-3-4-5-8-13-21-19-10-7-6-9-17(19)18-14-16(15-22)11-12-20(18)21/h6-7,9-12,14-15H,2-5,8,13H2,1H3. The summed E-state index contributed by atoms with van der Waals surface area (Å²) in [5.74, 6) is 0. The number of aryl methyl sites for hydroxylation is 1. The Morgan fingerprint density at radius 3 is 2.50 bits per heavy atom. The summed E-state index contributed by atoms with van der Waals surface area (Å²) in [5, 5.41) is 2.43. The number of fused-ring (bicyclic) bond motifs is 3. The number of aromatic nitrogens is 1. The van der Waals surface area contributed by atoms with E-state index in [1.54, 1.807) is 0 Å². The van der Waals surface area contributed by atoms with Crippen LogP contribution in [0.3, 0.4) is 0 Å². The molecule has 1 aromatic heterocycles. The topological polar surface area (TPSA) is 22.0 Å². The van der Waals surface area contributed by atoms with Gasteiger partial charge in [-0.15, -0.1) is 0 Å². The van der Waals surface area contributed by atoms with Crippen molar-refractivity contribution in [2.45, 2.75) is 45.6 Å². The molecule has 2 nitrogen and oxygen atoms in total. The van der Waals surface area contributed by atoms with Gasteiger partial charge in [-0.2, -0.15) is 0 Å². The second kappa shape index (κ2) is 6.78. The molecule has 0 aliphatic heterocycles. The molecule has 0 amide bonds. The van der Waals surface area contributed by atoms with E-state index in [0.717, 1.165) is 18.4 Å². The zero-order valence-corrected chi connectivity index (χ0v) is 13.2. The summed E-state index contributed by atoms with van der Waals surface area (Å²) >= 11 is 0. The first-order valence-corrected chi connectivity index (χ1v) is 8.31. The van der Waals surface area contributed by atoms with E-state index in [9.17, 15) is 4.79 Å². The van der Waals surface area contributed by atoms with Crippen molar-refractivity contribution in [2.24, 2.45) is 0 Å². The van der Waals surface area contributed by atoms with E-state index in [2.05, 4.69) is 41.8 Å². The minimum atomic E-state index is 0.748. The zero-order valence-electron chi connectivity index (χ0n) is 13.2. The first kappa shape index (κ1) is 14.8. The number of carbonyl (C=O) groups is 1. The second-order valence-corrected chi connectivity index (χ2v) is 5.98. The molecule has 0 saturated heterocycles. The van der Waals surface area contributed by atoms with Crippen molar-refractivity contribution >= 4 is 28.1 Å². The minimum Gasteiger partial charge on any atom is -0.340 e. The minimum absolute atomic E-state index is 0.748. The summed E-state index contributed by atoms with van der Waals surface area (Å²) in [4.78, 5) is 11.1. The molecule has 0 spiro atoms. The lowest BCUT2D eigenvalue weighted by Gasteiger charge is -2.07. The molecule has 0 aliphatic carbocycles. The summed E-state index contributed by atoms with van der Waals surface area (Å²) in [6, 6.07) is 14.5. The number of hydrogen-bond acceptors (Lipinski definition) is 1. The van der Waals surface area contributed by atoms with Gasteiger partial charge in [0.25, 0.3) is 0 Å². The van der Waals surface area contributed by atoms with Gasteiger partial charge in [0.15, 0.2) is 0 Å². The molecule has 1 heterocycles. The molecule has 2 aromatic carbocycles. The smallest absolute Gasteiger partial charge is 0.150 e. The summed E-state index contributed by atoms with van der Waals surface area (Å²) in [5.41, 5.74) is 3.26. The van der Waals surface area contributed by atoms with E-state index in [-0.39, 0.29) is 0 Å². The van der Waals surface area contributed by atoms with Crippen LogP contribution in [0.4, 0.5) is 0 Å². The van der Waals surface area contributed by atoms with Gasteiger partial charge in [0.2, 0.25) is 0 Å². The molecule has 0 radical (unpaired) electrons. The van der Waals surface area contributed by atoms with Crippen LogP contribution in [0.5, 0.6) is 0 Å². The first-order chi connectivity index (χ1) is 10.8. The third-order valence-electron chi connectivity index (χ3n) is 4.42. The van der Waals surface area contributed by atoms with Gasteiger partial charge >= 0.3 is 0 Å². The van der Waals surface area contributed by atoms with Crippen LogP contribution in [0.2, 0.25) is 0 Å². The molecule has 3 rings (SSSR count). The Bertz CT molecular complexity index is 785. The fourth-order valence-corrected chi connectivity index (χ4v) is 3.26. The second-order valence-electron chi connectivity index (χ2n) is 5.98. The number of hydrogen-bond donors (Lipinski definition) is 0. The van der Waals surface area contributed by atoms with Crippen molar-refractivity contribution in [1.29, 1.82) is 0 Å². The summed E-state index contributed by atoms with van der Waals surface area (Å²) in [6.45, 7) is 3.30. The van der Waals surface area contributed by atoms with Gasteiger partial charge in [-0.1, -0.05) is 50.8 Å². The molecular weight excluding hydrogens is 270 g/mol. The molecule has 3 aromatic rings. The summed E-state index contributed by atoms with van der Waals surface area (Å²) in [6.07, 6.45) is 7.36. The Labute approximate surface area is 131 Å². The highest BCUT2D eigenvalue weighted by Crippen LogP contribution is 2.30. The number of para-hydroxylation sites is 1. The molecule has 0 aliphatic rings. The van der Waals surface area contributed by atoms with E-state index in [4.69, 9.17) is 0 Å². The molecule has 0 atom stereocenters. The predicted octanol–water partition coefficient (Wildman–Crippen LogP) is 5.58. The number of rotatable bonds is 7. The van der Waals surface area contributed by atoms with Crippen LogP contribution in [-0.2, 0) is 6.54 Å². The van der Waals surface area contributed by atoms with E-state index < -0.39 is 0 Å². The van der Waals surface area contributed by atoms with Crippen molar-refractivity contribution in [3.8, 4) is 0 Å². The Hall–Kier alpha value is -2.09. The number of carbonyl (C=O) groups excluding carboxylic acids is 1. The first-order valence-electron chi connectivity index (χ1n) is 8.31. The van der Waals surface area contributed by atoms with Crippen molar-refractivity contribution in [2.75, 3.05) is 0 Å². The number of aldehydes is 1. The average molecular weight is 293 g/mol. The average Bonchev–Trinajstić information content (AvgIpc) is 2.88. The predicted molar refractivity (Wildman–Crippen MR) is 93.6 cm³/mol. The molecule has 0 unspecified atom stereocenters. The van der Waals surface area contributed by atoms with Gasteiger partial charge in [-0.3, -0.25) is 4.79 Å². The maximum Gasteiger partial charge on any atom is 0.150 e. The lowest BCUT2D eigenvalue weighted by atomic mass is 10.1. The maximum absolute atomic E-state index is 11.1. The lowest BCUT2D eigenvalue weighted by Crippen LogP contribution is -1.97. The Morgan fingerprint density at radius 2 is 1.68 bits per heavy atom. The van der Waals surface area contributed by atoms with Gasteiger partial charge in [0.1, 0.15) is 6.29 Å². The Morgan fingerprint density at radius 1 is 0.909 bits per heavy atom. The van der Waals surface area contributed by atoms with E-state index in [1.165, 1.54) is 53.9 Å². The molecule has 2 heteroatoms. The zero-order chi connectivity index (χ0) is 15.4. The number of benzene rings is 2. The van der Waals surface area contributed by atoms with Crippen LogP contribution in [0.1, 0.15) is 49.4 Å². The van der Waals surface area contributed by atoms with Gasteiger partial charge in [-0.25, -0.2) is 0 Å².